The summed E-state index contributed by atoms with van der Waals surface area (Å²) < 4.78 is 0. The Hall–Kier alpha value is -1.70. The minimum atomic E-state index is 0.225. The zero-order valence-corrected chi connectivity index (χ0v) is 8.73. The number of pyridine rings is 1. The van der Waals surface area contributed by atoms with E-state index in [1.807, 2.05) is 30.3 Å². The first-order chi connectivity index (χ1) is 7.27. The fourth-order valence-electron chi connectivity index (χ4n) is 1.68. The van der Waals surface area contributed by atoms with Gasteiger partial charge in [-0.05, 0) is 25.0 Å². The Kier molecular flexibility index (Phi) is 2.77. The van der Waals surface area contributed by atoms with Crippen molar-refractivity contribution >= 4 is 16.7 Å². The van der Waals surface area contributed by atoms with Crippen molar-refractivity contribution in [3.05, 3.63) is 42.1 Å². The molecule has 1 aromatic carbocycles. The van der Waals surface area contributed by atoms with Crippen molar-refractivity contribution in [1.82, 2.24) is 4.98 Å². The minimum Gasteiger partial charge on any atom is -0.300 e. The van der Waals surface area contributed by atoms with Crippen molar-refractivity contribution in [3.8, 4) is 0 Å². The third-order valence-electron chi connectivity index (χ3n) is 2.46. The third kappa shape index (κ3) is 2.21. The van der Waals surface area contributed by atoms with E-state index in [0.29, 0.717) is 6.42 Å². The molecule has 0 aliphatic carbocycles. The summed E-state index contributed by atoms with van der Waals surface area (Å²) in [4.78, 5) is 15.3. The highest BCUT2D eigenvalue weighted by atomic mass is 16.1. The molecule has 1 heterocycles. The van der Waals surface area contributed by atoms with Crippen molar-refractivity contribution in [1.29, 1.82) is 0 Å². The number of aryl methyl sites for hydroxylation is 1. The van der Waals surface area contributed by atoms with Crippen LogP contribution in [-0.4, -0.2) is 10.8 Å². The molecule has 0 bridgehead atoms. The second-order valence-electron chi connectivity index (χ2n) is 3.69. The van der Waals surface area contributed by atoms with Crippen molar-refractivity contribution in [2.45, 2.75) is 19.8 Å². The van der Waals surface area contributed by atoms with Crippen molar-refractivity contribution in [2.24, 2.45) is 0 Å². The largest absolute Gasteiger partial charge is 0.300 e. The predicted octanol–water partition coefficient (Wildman–Crippen LogP) is 2.76. The van der Waals surface area contributed by atoms with Crippen LogP contribution in [0.2, 0.25) is 0 Å². The van der Waals surface area contributed by atoms with E-state index in [4.69, 9.17) is 0 Å². The van der Waals surface area contributed by atoms with Crippen molar-refractivity contribution < 1.29 is 4.79 Å². The summed E-state index contributed by atoms with van der Waals surface area (Å²) in [7, 11) is 0. The van der Waals surface area contributed by atoms with Gasteiger partial charge in [-0.1, -0.05) is 24.3 Å². The van der Waals surface area contributed by atoms with Crippen LogP contribution in [0.25, 0.3) is 10.9 Å². The lowest BCUT2D eigenvalue weighted by Gasteiger charge is -2.03. The number of carbonyl (C=O) groups excluding carboxylic acids is 1. The number of nitrogens with zero attached hydrogens (tertiary/aromatic N) is 1. The van der Waals surface area contributed by atoms with Crippen LogP contribution in [0.3, 0.4) is 0 Å². The van der Waals surface area contributed by atoms with E-state index in [1.54, 1.807) is 13.1 Å². The normalized spacial score (nSPS) is 10.5. The molecule has 0 radical (unpaired) electrons. The number of fused-ring (bicyclic) bond motifs is 1. The first kappa shape index (κ1) is 9.84. The standard InChI is InChI=1S/C13H13NO/c1-10(15)7-8-12-5-2-4-11-6-3-9-14-13(11)12/h2-6,9H,7-8H2,1H3. The lowest BCUT2D eigenvalue weighted by Crippen LogP contribution is -1.95. The molecule has 15 heavy (non-hydrogen) atoms. The maximum absolute atomic E-state index is 10.9. The van der Waals surface area contributed by atoms with E-state index in [1.165, 1.54) is 0 Å². The number of hydrogen-bond acceptors (Lipinski definition) is 2. The zero-order chi connectivity index (χ0) is 10.7. The Balaban J connectivity index is 2.38. The number of aromatic nitrogens is 1. The topological polar surface area (TPSA) is 30.0 Å². The van der Waals surface area contributed by atoms with Gasteiger partial charge in [0.25, 0.3) is 0 Å². The maximum Gasteiger partial charge on any atom is 0.130 e. The molecule has 0 aliphatic heterocycles. The van der Waals surface area contributed by atoms with Crippen LogP contribution in [0, 0.1) is 0 Å². The Morgan fingerprint density at radius 2 is 2.07 bits per heavy atom. The number of Topliss-reactive ketones (excluding diaryl/α,β-unsaturated/α-hetero) is 1. The van der Waals surface area contributed by atoms with E-state index in [-0.39, 0.29) is 5.78 Å². The van der Waals surface area contributed by atoms with Crippen LogP contribution < -0.4 is 0 Å². The molecule has 2 nitrogen and oxygen atoms in total. The number of hydrogen-bond donors (Lipinski definition) is 0. The van der Waals surface area contributed by atoms with Crippen LogP contribution in [0.5, 0.6) is 0 Å². The molecule has 0 fully saturated rings. The molecule has 0 N–H and O–H groups in total. The lowest BCUT2D eigenvalue weighted by molar-refractivity contribution is -0.116. The number of rotatable bonds is 3. The number of carbonyl (C=O) groups is 1. The molecule has 76 valence electrons. The monoisotopic (exact) mass is 199 g/mol. The quantitative estimate of drug-likeness (QED) is 0.760. The smallest absolute Gasteiger partial charge is 0.130 e. The highest BCUT2D eigenvalue weighted by molar-refractivity contribution is 5.82. The van der Waals surface area contributed by atoms with Gasteiger partial charge < -0.3 is 4.79 Å². The maximum atomic E-state index is 10.9. The summed E-state index contributed by atoms with van der Waals surface area (Å²) in [6.07, 6.45) is 3.17. The van der Waals surface area contributed by atoms with Crippen molar-refractivity contribution in [3.63, 3.8) is 0 Å². The third-order valence-corrected chi connectivity index (χ3v) is 2.46. The molecule has 0 spiro atoms. The molecular formula is C13H13NO. The predicted molar refractivity (Wildman–Crippen MR) is 60.7 cm³/mol. The van der Waals surface area contributed by atoms with Gasteiger partial charge in [-0.2, -0.15) is 0 Å². The molecule has 0 atom stereocenters. The number of para-hydroxylation sites is 1. The lowest BCUT2D eigenvalue weighted by atomic mass is 10.0. The van der Waals surface area contributed by atoms with Crippen molar-refractivity contribution in [2.75, 3.05) is 0 Å². The Bertz CT molecular complexity index is 485. The summed E-state index contributed by atoms with van der Waals surface area (Å²) in [5.41, 5.74) is 2.17. The second-order valence-corrected chi connectivity index (χ2v) is 3.69. The fraction of sp³-hybridized carbons (Fsp3) is 0.231. The molecule has 2 rings (SSSR count). The molecule has 0 saturated carbocycles. The van der Waals surface area contributed by atoms with Gasteiger partial charge in [0.05, 0.1) is 5.52 Å². The van der Waals surface area contributed by atoms with Crippen LogP contribution in [-0.2, 0) is 11.2 Å². The average Bonchev–Trinajstić information content (AvgIpc) is 2.26. The van der Waals surface area contributed by atoms with Crippen LogP contribution in [0.15, 0.2) is 36.5 Å². The van der Waals surface area contributed by atoms with E-state index in [9.17, 15) is 4.79 Å². The summed E-state index contributed by atoms with van der Waals surface area (Å²) in [5.74, 6) is 0.225. The fourth-order valence-corrected chi connectivity index (χ4v) is 1.68. The number of benzene rings is 1. The minimum absolute atomic E-state index is 0.225. The summed E-state index contributed by atoms with van der Waals surface area (Å²) in [6.45, 7) is 1.62. The van der Waals surface area contributed by atoms with Gasteiger partial charge in [0.2, 0.25) is 0 Å². The Morgan fingerprint density at radius 3 is 2.87 bits per heavy atom. The van der Waals surface area contributed by atoms with E-state index in [2.05, 4.69) is 4.98 Å². The summed E-state index contributed by atoms with van der Waals surface area (Å²) in [6, 6.07) is 10.1. The zero-order valence-electron chi connectivity index (χ0n) is 8.73. The first-order valence-electron chi connectivity index (χ1n) is 5.09. The van der Waals surface area contributed by atoms with Gasteiger partial charge in [-0.3, -0.25) is 4.98 Å². The molecule has 0 amide bonds. The van der Waals surface area contributed by atoms with Gasteiger partial charge >= 0.3 is 0 Å². The summed E-state index contributed by atoms with van der Waals surface area (Å²) >= 11 is 0. The second kappa shape index (κ2) is 4.22. The van der Waals surface area contributed by atoms with Crippen LogP contribution >= 0.6 is 0 Å². The Labute approximate surface area is 89.0 Å². The van der Waals surface area contributed by atoms with E-state index in [0.717, 1.165) is 22.9 Å². The van der Waals surface area contributed by atoms with E-state index >= 15 is 0 Å². The van der Waals surface area contributed by atoms with Crippen LogP contribution in [0.4, 0.5) is 0 Å². The van der Waals surface area contributed by atoms with E-state index < -0.39 is 0 Å². The first-order valence-corrected chi connectivity index (χ1v) is 5.09. The highest BCUT2D eigenvalue weighted by Gasteiger charge is 2.02. The SMILES string of the molecule is CC(=O)CCc1cccc2cccnc12. The average molecular weight is 199 g/mol. The summed E-state index contributed by atoms with van der Waals surface area (Å²) in [5, 5.41) is 1.14. The van der Waals surface area contributed by atoms with Gasteiger partial charge in [0.1, 0.15) is 5.78 Å². The van der Waals surface area contributed by atoms with Gasteiger partial charge in [-0.15, -0.1) is 0 Å². The van der Waals surface area contributed by atoms with Gasteiger partial charge in [-0.25, -0.2) is 0 Å². The number of ketones is 1. The molecular weight excluding hydrogens is 186 g/mol. The molecule has 1 aromatic heterocycles. The molecule has 0 unspecified atom stereocenters. The van der Waals surface area contributed by atoms with Gasteiger partial charge in [0.15, 0.2) is 0 Å². The molecule has 0 saturated heterocycles. The highest BCUT2D eigenvalue weighted by Crippen LogP contribution is 2.17. The van der Waals surface area contributed by atoms with Gasteiger partial charge in [0, 0.05) is 18.0 Å². The molecule has 2 aromatic rings. The molecule has 2 heteroatoms. The Morgan fingerprint density at radius 1 is 1.27 bits per heavy atom. The van der Waals surface area contributed by atoms with Crippen LogP contribution in [0.1, 0.15) is 18.9 Å². The molecule has 0 aliphatic rings.